The lowest BCUT2D eigenvalue weighted by Gasteiger charge is -2.37. The third kappa shape index (κ3) is 6.89. The van der Waals surface area contributed by atoms with Crippen molar-refractivity contribution in [2.45, 2.75) is 40.0 Å². The molecule has 2 aromatic carbocycles. The average molecular weight is 436 g/mol. The molecule has 2 aromatic rings. The lowest BCUT2D eigenvalue weighted by atomic mass is 10.1. The molecule has 1 heterocycles. The summed E-state index contributed by atoms with van der Waals surface area (Å²) < 4.78 is 19.5. The molecule has 0 saturated carbocycles. The highest BCUT2D eigenvalue weighted by Crippen LogP contribution is 2.31. The predicted molar refractivity (Wildman–Crippen MR) is 121 cm³/mol. The number of rotatable bonds is 7. The van der Waals surface area contributed by atoms with Gasteiger partial charge in [0.25, 0.3) is 0 Å². The lowest BCUT2D eigenvalue weighted by molar-refractivity contribution is -0.119. The number of nitrogens with one attached hydrogen (secondary N) is 1. The zero-order valence-electron chi connectivity index (χ0n) is 17.9. The molecule has 0 bridgehead atoms. The third-order valence-electron chi connectivity index (χ3n) is 4.97. The van der Waals surface area contributed by atoms with Gasteiger partial charge in [0.15, 0.2) is 0 Å². The monoisotopic (exact) mass is 435 g/mol. The fourth-order valence-electron chi connectivity index (χ4n) is 3.49. The van der Waals surface area contributed by atoms with Crippen LogP contribution in [0.4, 0.5) is 10.1 Å². The quantitative estimate of drug-likeness (QED) is 0.714. The number of benzene rings is 2. The first kappa shape index (κ1) is 24.0. The maximum Gasteiger partial charge on any atom is 0.217 e. The standard InChI is InChI=1S/C23H30FN3O2.ClH/c1-17(2)29-23-14-21(24)8-9-22(23)27-12-10-26(11-13-27)16-20-6-4-19(5-7-20)15-25-18(3)28;/h4-9,14,17H,10-13,15-16H2,1-3H3,(H,25,28);1H. The number of amides is 1. The number of anilines is 1. The van der Waals surface area contributed by atoms with Gasteiger partial charge >= 0.3 is 0 Å². The molecule has 1 aliphatic rings. The number of hydrogen-bond acceptors (Lipinski definition) is 4. The Bertz CT molecular complexity index is 822. The van der Waals surface area contributed by atoms with Gasteiger partial charge in [-0.2, -0.15) is 0 Å². The Labute approximate surface area is 184 Å². The van der Waals surface area contributed by atoms with E-state index in [0.717, 1.165) is 44.0 Å². The van der Waals surface area contributed by atoms with Crippen LogP contribution in [0.2, 0.25) is 0 Å². The summed E-state index contributed by atoms with van der Waals surface area (Å²) >= 11 is 0. The fourth-order valence-corrected chi connectivity index (χ4v) is 3.49. The summed E-state index contributed by atoms with van der Waals surface area (Å²) in [5.41, 5.74) is 3.32. The fraction of sp³-hybridized carbons (Fsp3) is 0.435. The van der Waals surface area contributed by atoms with Gasteiger partial charge in [0.1, 0.15) is 11.6 Å². The summed E-state index contributed by atoms with van der Waals surface area (Å²) in [5, 5.41) is 2.81. The average Bonchev–Trinajstić information content (AvgIpc) is 2.68. The second-order valence-corrected chi connectivity index (χ2v) is 7.77. The minimum atomic E-state index is -0.273. The molecule has 1 amide bonds. The summed E-state index contributed by atoms with van der Waals surface area (Å²) in [4.78, 5) is 15.7. The van der Waals surface area contributed by atoms with Gasteiger partial charge in [0.2, 0.25) is 5.91 Å². The predicted octanol–water partition coefficient (Wildman–Crippen LogP) is 3.99. The van der Waals surface area contributed by atoms with E-state index in [2.05, 4.69) is 39.4 Å². The van der Waals surface area contributed by atoms with Crippen LogP contribution in [-0.4, -0.2) is 43.1 Å². The normalized spacial score (nSPS) is 14.4. The Morgan fingerprint density at radius 2 is 1.70 bits per heavy atom. The van der Waals surface area contributed by atoms with Crippen LogP contribution in [0.1, 0.15) is 31.9 Å². The van der Waals surface area contributed by atoms with E-state index in [0.29, 0.717) is 12.3 Å². The summed E-state index contributed by atoms with van der Waals surface area (Å²) in [6.45, 7) is 10.5. The molecule has 0 radical (unpaired) electrons. The Morgan fingerprint density at radius 3 is 2.30 bits per heavy atom. The SMILES string of the molecule is CC(=O)NCc1ccc(CN2CCN(c3ccc(F)cc3OC(C)C)CC2)cc1.Cl. The van der Waals surface area contributed by atoms with Crippen LogP contribution < -0.4 is 15.0 Å². The third-order valence-corrected chi connectivity index (χ3v) is 4.97. The van der Waals surface area contributed by atoms with Crippen molar-refractivity contribution < 1.29 is 13.9 Å². The van der Waals surface area contributed by atoms with E-state index in [1.807, 2.05) is 19.9 Å². The largest absolute Gasteiger partial charge is 0.489 e. The Kier molecular flexibility index (Phi) is 8.93. The van der Waals surface area contributed by atoms with Crippen molar-refractivity contribution >= 4 is 24.0 Å². The van der Waals surface area contributed by atoms with Crippen LogP contribution in [0.3, 0.4) is 0 Å². The van der Waals surface area contributed by atoms with Gasteiger partial charge in [0, 0.05) is 52.3 Å². The van der Waals surface area contributed by atoms with Crippen LogP contribution in [0, 0.1) is 5.82 Å². The van der Waals surface area contributed by atoms with Crippen LogP contribution in [0.15, 0.2) is 42.5 Å². The number of ether oxygens (including phenoxy) is 1. The Morgan fingerprint density at radius 1 is 1.07 bits per heavy atom. The maximum atomic E-state index is 13.7. The van der Waals surface area contributed by atoms with E-state index in [4.69, 9.17) is 4.74 Å². The van der Waals surface area contributed by atoms with Crippen LogP contribution >= 0.6 is 12.4 Å². The smallest absolute Gasteiger partial charge is 0.217 e. The Hall–Kier alpha value is -2.31. The molecule has 0 atom stereocenters. The molecule has 30 heavy (non-hydrogen) atoms. The van der Waals surface area contributed by atoms with Gasteiger partial charge in [-0.25, -0.2) is 4.39 Å². The summed E-state index contributed by atoms with van der Waals surface area (Å²) in [7, 11) is 0. The molecule has 0 aromatic heterocycles. The number of hydrogen-bond donors (Lipinski definition) is 1. The van der Waals surface area contributed by atoms with E-state index in [1.165, 1.54) is 24.6 Å². The number of halogens is 2. The molecule has 1 aliphatic heterocycles. The van der Waals surface area contributed by atoms with Crippen LogP contribution in [0.25, 0.3) is 0 Å². The van der Waals surface area contributed by atoms with E-state index < -0.39 is 0 Å². The van der Waals surface area contributed by atoms with Gasteiger partial charge in [-0.3, -0.25) is 9.69 Å². The van der Waals surface area contributed by atoms with Gasteiger partial charge in [0.05, 0.1) is 11.8 Å². The topological polar surface area (TPSA) is 44.8 Å². The summed E-state index contributed by atoms with van der Waals surface area (Å²) in [5.74, 6) is 0.322. The molecule has 0 unspecified atom stereocenters. The second-order valence-electron chi connectivity index (χ2n) is 7.77. The molecule has 7 heteroatoms. The van der Waals surface area contributed by atoms with Crippen molar-refractivity contribution in [3.63, 3.8) is 0 Å². The first-order chi connectivity index (χ1) is 13.9. The van der Waals surface area contributed by atoms with Crippen molar-refractivity contribution in [3.8, 4) is 5.75 Å². The van der Waals surface area contributed by atoms with Crippen molar-refractivity contribution in [1.82, 2.24) is 10.2 Å². The van der Waals surface area contributed by atoms with E-state index in [9.17, 15) is 9.18 Å². The number of nitrogens with zero attached hydrogens (tertiary/aromatic N) is 2. The molecule has 5 nitrogen and oxygen atoms in total. The zero-order valence-corrected chi connectivity index (χ0v) is 18.7. The minimum absolute atomic E-state index is 0. The van der Waals surface area contributed by atoms with Gasteiger partial charge in [-0.1, -0.05) is 24.3 Å². The summed E-state index contributed by atoms with van der Waals surface area (Å²) in [6.07, 6.45) is 0.00505. The van der Waals surface area contributed by atoms with Gasteiger partial charge in [-0.15, -0.1) is 12.4 Å². The minimum Gasteiger partial charge on any atom is -0.489 e. The first-order valence-corrected chi connectivity index (χ1v) is 10.2. The highest BCUT2D eigenvalue weighted by atomic mass is 35.5. The molecular weight excluding hydrogens is 405 g/mol. The second kappa shape index (κ2) is 11.2. The van der Waals surface area contributed by atoms with Crippen LogP contribution in [-0.2, 0) is 17.9 Å². The van der Waals surface area contributed by atoms with Crippen molar-refractivity contribution in [3.05, 3.63) is 59.4 Å². The van der Waals surface area contributed by atoms with Crippen molar-refractivity contribution in [2.24, 2.45) is 0 Å². The molecular formula is C23H31ClFN3O2. The number of carbonyl (C=O) groups excluding carboxylic acids is 1. The zero-order chi connectivity index (χ0) is 20.8. The van der Waals surface area contributed by atoms with Crippen LogP contribution in [0.5, 0.6) is 5.75 Å². The molecule has 1 fully saturated rings. The molecule has 0 aliphatic carbocycles. The molecule has 1 N–H and O–H groups in total. The van der Waals surface area contributed by atoms with Crippen molar-refractivity contribution in [2.75, 3.05) is 31.1 Å². The molecule has 1 saturated heterocycles. The summed E-state index contributed by atoms with van der Waals surface area (Å²) in [6, 6.07) is 13.2. The van der Waals surface area contributed by atoms with Gasteiger partial charge in [-0.05, 0) is 37.1 Å². The van der Waals surface area contributed by atoms with E-state index in [-0.39, 0.29) is 30.2 Å². The maximum absolute atomic E-state index is 13.7. The molecule has 0 spiro atoms. The first-order valence-electron chi connectivity index (χ1n) is 10.2. The van der Waals surface area contributed by atoms with E-state index >= 15 is 0 Å². The van der Waals surface area contributed by atoms with Gasteiger partial charge < -0.3 is 15.0 Å². The lowest BCUT2D eigenvalue weighted by Crippen LogP contribution is -2.46. The highest BCUT2D eigenvalue weighted by Gasteiger charge is 2.20. The molecule has 3 rings (SSSR count). The number of piperazine rings is 1. The molecule has 164 valence electrons. The Balaban J connectivity index is 0.00000320. The van der Waals surface area contributed by atoms with E-state index in [1.54, 1.807) is 0 Å². The number of carbonyl (C=O) groups is 1. The van der Waals surface area contributed by atoms with Crippen molar-refractivity contribution in [1.29, 1.82) is 0 Å². The highest BCUT2D eigenvalue weighted by molar-refractivity contribution is 5.85.